The Morgan fingerprint density at radius 3 is 2.18 bits per heavy atom. The normalized spacial score (nSPS) is 21.4. The first-order valence-corrected chi connectivity index (χ1v) is 7.99. The summed E-state index contributed by atoms with van der Waals surface area (Å²) in [6.45, 7) is 7.86. The van der Waals surface area contributed by atoms with Crippen molar-refractivity contribution in [3.8, 4) is 0 Å². The second-order valence-corrected chi connectivity index (χ2v) is 8.07. The molecular weight excluding hydrogens is 238 g/mol. The monoisotopic (exact) mass is 261 g/mol. The first-order valence-electron chi connectivity index (χ1n) is 6.17. The molecule has 1 rings (SSSR count). The van der Waals surface area contributed by atoms with Crippen LogP contribution in [-0.4, -0.2) is 50.2 Å². The van der Waals surface area contributed by atoms with E-state index in [9.17, 15) is 13.2 Å². The highest BCUT2D eigenvalue weighted by atomic mass is 32.2. The van der Waals surface area contributed by atoms with Gasteiger partial charge >= 0.3 is 0 Å². The molecule has 0 amide bonds. The molecule has 0 aromatic heterocycles. The van der Waals surface area contributed by atoms with Crippen molar-refractivity contribution in [3.05, 3.63) is 0 Å². The van der Waals surface area contributed by atoms with Crippen LogP contribution in [-0.2, 0) is 14.6 Å². The largest absolute Gasteiger partial charge is 0.301 e. The summed E-state index contributed by atoms with van der Waals surface area (Å²) >= 11 is 0. The number of carbonyl (C=O) groups excluding carboxylic acids is 1. The number of rotatable bonds is 4. The molecule has 0 atom stereocenters. The van der Waals surface area contributed by atoms with Gasteiger partial charge in [-0.15, -0.1) is 0 Å². The molecule has 0 bridgehead atoms. The average molecular weight is 261 g/mol. The van der Waals surface area contributed by atoms with E-state index in [-0.39, 0.29) is 22.7 Å². The molecule has 0 N–H and O–H groups in total. The van der Waals surface area contributed by atoms with Crippen LogP contribution in [0.1, 0.15) is 33.6 Å². The molecule has 1 aliphatic heterocycles. The highest BCUT2D eigenvalue weighted by molar-refractivity contribution is 7.91. The van der Waals surface area contributed by atoms with Gasteiger partial charge in [0.1, 0.15) is 5.78 Å². The Labute approximate surface area is 104 Å². The maximum absolute atomic E-state index is 11.7. The van der Waals surface area contributed by atoms with Gasteiger partial charge in [-0.2, -0.15) is 0 Å². The highest BCUT2D eigenvalue weighted by Crippen LogP contribution is 2.18. The summed E-state index contributed by atoms with van der Waals surface area (Å²) in [5.74, 6) is 0.808. The standard InChI is InChI=1S/C12H23NO3S/c1-12(2,3)11(14)5-4-6-13-7-9-17(15,16)10-8-13/h4-10H2,1-3H3. The molecule has 4 nitrogen and oxygen atoms in total. The lowest BCUT2D eigenvalue weighted by Gasteiger charge is -2.26. The van der Waals surface area contributed by atoms with Crippen LogP contribution in [0.3, 0.4) is 0 Å². The van der Waals surface area contributed by atoms with E-state index in [4.69, 9.17) is 0 Å². The Bertz CT molecular complexity index is 354. The van der Waals surface area contributed by atoms with Crippen molar-refractivity contribution in [2.24, 2.45) is 5.41 Å². The third-order valence-electron chi connectivity index (χ3n) is 3.15. The Morgan fingerprint density at radius 2 is 1.71 bits per heavy atom. The topological polar surface area (TPSA) is 54.5 Å². The molecule has 0 aliphatic carbocycles. The van der Waals surface area contributed by atoms with Gasteiger partial charge in [-0.05, 0) is 13.0 Å². The zero-order chi connectivity index (χ0) is 13.1. The van der Waals surface area contributed by atoms with Crippen LogP contribution in [0.5, 0.6) is 0 Å². The van der Waals surface area contributed by atoms with E-state index in [0.29, 0.717) is 19.5 Å². The first-order chi connectivity index (χ1) is 7.71. The maximum Gasteiger partial charge on any atom is 0.152 e. The molecule has 1 saturated heterocycles. The van der Waals surface area contributed by atoms with E-state index in [2.05, 4.69) is 4.90 Å². The zero-order valence-electron chi connectivity index (χ0n) is 11.0. The molecule has 0 saturated carbocycles. The molecule has 1 heterocycles. The molecule has 100 valence electrons. The predicted molar refractivity (Wildman–Crippen MR) is 68.8 cm³/mol. The third kappa shape index (κ3) is 5.17. The Kier molecular flexibility index (Phi) is 4.72. The summed E-state index contributed by atoms with van der Waals surface area (Å²) in [6.07, 6.45) is 1.42. The van der Waals surface area contributed by atoms with Crippen LogP contribution in [0.2, 0.25) is 0 Å². The minimum atomic E-state index is -2.79. The number of sulfone groups is 1. The van der Waals surface area contributed by atoms with Crippen molar-refractivity contribution < 1.29 is 13.2 Å². The lowest BCUT2D eigenvalue weighted by atomic mass is 9.88. The molecule has 0 aromatic carbocycles. The summed E-state index contributed by atoms with van der Waals surface area (Å²) in [5.41, 5.74) is -0.259. The molecule has 17 heavy (non-hydrogen) atoms. The SMILES string of the molecule is CC(C)(C)C(=O)CCCN1CCS(=O)(=O)CC1. The van der Waals surface area contributed by atoms with Gasteiger partial charge in [0.15, 0.2) is 9.84 Å². The van der Waals surface area contributed by atoms with Crippen molar-refractivity contribution in [1.82, 2.24) is 4.90 Å². The van der Waals surface area contributed by atoms with E-state index in [1.807, 2.05) is 20.8 Å². The van der Waals surface area contributed by atoms with Gasteiger partial charge < -0.3 is 4.90 Å². The Balaban J connectivity index is 2.23. The van der Waals surface area contributed by atoms with Crippen LogP contribution in [0.25, 0.3) is 0 Å². The fourth-order valence-electron chi connectivity index (χ4n) is 1.81. The van der Waals surface area contributed by atoms with Crippen molar-refractivity contribution in [3.63, 3.8) is 0 Å². The van der Waals surface area contributed by atoms with E-state index >= 15 is 0 Å². The number of hydrogen-bond donors (Lipinski definition) is 0. The number of carbonyl (C=O) groups is 1. The van der Waals surface area contributed by atoms with Gasteiger partial charge in [0, 0.05) is 24.9 Å². The van der Waals surface area contributed by atoms with E-state index in [0.717, 1.165) is 13.0 Å². The van der Waals surface area contributed by atoms with Crippen LogP contribution < -0.4 is 0 Å². The van der Waals surface area contributed by atoms with E-state index < -0.39 is 9.84 Å². The number of ketones is 1. The average Bonchev–Trinajstić information content (AvgIpc) is 2.19. The van der Waals surface area contributed by atoms with E-state index in [1.165, 1.54) is 0 Å². The molecule has 0 radical (unpaired) electrons. The van der Waals surface area contributed by atoms with Crippen molar-refractivity contribution >= 4 is 15.6 Å². The lowest BCUT2D eigenvalue weighted by molar-refractivity contribution is -0.126. The number of Topliss-reactive ketones (excluding diaryl/α,β-unsaturated/α-hetero) is 1. The quantitative estimate of drug-likeness (QED) is 0.761. The number of nitrogens with zero attached hydrogens (tertiary/aromatic N) is 1. The van der Waals surface area contributed by atoms with Gasteiger partial charge in [0.05, 0.1) is 11.5 Å². The summed E-state index contributed by atoms with van der Waals surface area (Å²) < 4.78 is 22.5. The highest BCUT2D eigenvalue weighted by Gasteiger charge is 2.23. The summed E-state index contributed by atoms with van der Waals surface area (Å²) in [5, 5.41) is 0. The third-order valence-corrected chi connectivity index (χ3v) is 4.76. The fourth-order valence-corrected chi connectivity index (χ4v) is 3.09. The molecular formula is C12H23NO3S. The Morgan fingerprint density at radius 1 is 1.18 bits per heavy atom. The lowest BCUT2D eigenvalue weighted by Crippen LogP contribution is -2.40. The van der Waals surface area contributed by atoms with Crippen molar-refractivity contribution in [1.29, 1.82) is 0 Å². The summed E-state index contributed by atoms with van der Waals surface area (Å²) in [4.78, 5) is 13.8. The zero-order valence-corrected chi connectivity index (χ0v) is 11.8. The summed E-state index contributed by atoms with van der Waals surface area (Å²) in [6, 6.07) is 0. The van der Waals surface area contributed by atoms with Gasteiger partial charge in [0.25, 0.3) is 0 Å². The van der Waals surface area contributed by atoms with Crippen molar-refractivity contribution in [2.75, 3.05) is 31.1 Å². The molecule has 0 spiro atoms. The van der Waals surface area contributed by atoms with Crippen LogP contribution in [0.15, 0.2) is 0 Å². The molecule has 0 unspecified atom stereocenters. The summed E-state index contributed by atoms with van der Waals surface area (Å²) in [7, 11) is -2.79. The van der Waals surface area contributed by atoms with Crippen molar-refractivity contribution in [2.45, 2.75) is 33.6 Å². The molecule has 1 aliphatic rings. The fraction of sp³-hybridized carbons (Fsp3) is 0.917. The molecule has 5 heteroatoms. The second kappa shape index (κ2) is 5.48. The second-order valence-electron chi connectivity index (χ2n) is 5.77. The Hall–Kier alpha value is -0.420. The minimum absolute atomic E-state index is 0.259. The maximum atomic E-state index is 11.7. The van der Waals surface area contributed by atoms with Gasteiger partial charge in [-0.25, -0.2) is 8.42 Å². The van der Waals surface area contributed by atoms with Crippen LogP contribution in [0, 0.1) is 5.41 Å². The predicted octanol–water partition coefficient (Wildman–Crippen LogP) is 1.11. The van der Waals surface area contributed by atoms with Gasteiger partial charge in [-0.3, -0.25) is 4.79 Å². The van der Waals surface area contributed by atoms with Gasteiger partial charge in [-0.1, -0.05) is 20.8 Å². The van der Waals surface area contributed by atoms with Gasteiger partial charge in [0.2, 0.25) is 0 Å². The smallest absolute Gasteiger partial charge is 0.152 e. The molecule has 1 fully saturated rings. The van der Waals surface area contributed by atoms with E-state index in [1.54, 1.807) is 0 Å². The number of hydrogen-bond acceptors (Lipinski definition) is 4. The minimum Gasteiger partial charge on any atom is -0.301 e. The molecule has 0 aromatic rings. The van der Waals surface area contributed by atoms with Crippen LogP contribution in [0.4, 0.5) is 0 Å². The van der Waals surface area contributed by atoms with Crippen LogP contribution >= 0.6 is 0 Å². The first kappa shape index (κ1) is 14.6.